The predicted octanol–water partition coefficient (Wildman–Crippen LogP) is 4.10. The minimum Gasteiger partial charge on any atom is -0.489 e. The summed E-state index contributed by atoms with van der Waals surface area (Å²) in [4.78, 5) is 28.8. The fourth-order valence-electron chi connectivity index (χ4n) is 5.15. The molecule has 3 heterocycles. The van der Waals surface area contributed by atoms with Crippen molar-refractivity contribution in [3.05, 3.63) is 112 Å². The number of rotatable bonds is 5. The number of ether oxygens (including phenoxy) is 1. The Bertz CT molecular complexity index is 1640. The van der Waals surface area contributed by atoms with Gasteiger partial charge in [0.1, 0.15) is 17.9 Å². The van der Waals surface area contributed by atoms with Crippen molar-refractivity contribution in [2.24, 2.45) is 0 Å². The average Bonchev–Trinajstić information content (AvgIpc) is 3.40. The molecule has 2 aliphatic rings. The van der Waals surface area contributed by atoms with Gasteiger partial charge >= 0.3 is 0 Å². The summed E-state index contributed by atoms with van der Waals surface area (Å²) in [5.41, 5.74) is 1.95. The van der Waals surface area contributed by atoms with Crippen LogP contribution >= 0.6 is 0 Å². The molecule has 0 bridgehead atoms. The van der Waals surface area contributed by atoms with Crippen molar-refractivity contribution in [1.29, 1.82) is 0 Å². The van der Waals surface area contributed by atoms with Gasteiger partial charge < -0.3 is 14.1 Å². The Labute approximate surface area is 207 Å². The first-order valence-corrected chi connectivity index (χ1v) is 13.6. The molecule has 0 radical (unpaired) electrons. The first-order chi connectivity index (χ1) is 17.4. The number of para-hydroxylation sites is 1. The van der Waals surface area contributed by atoms with Crippen molar-refractivity contribution < 1.29 is 22.4 Å². The predicted molar refractivity (Wildman–Crippen MR) is 135 cm³/mol. The van der Waals surface area contributed by atoms with E-state index in [1.807, 2.05) is 48.5 Å². The van der Waals surface area contributed by atoms with Crippen molar-refractivity contribution in [3.63, 3.8) is 0 Å². The van der Waals surface area contributed by atoms with Crippen LogP contribution in [0.3, 0.4) is 0 Å². The Morgan fingerprint density at radius 2 is 1.72 bits per heavy atom. The van der Waals surface area contributed by atoms with Crippen LogP contribution < -0.4 is 10.2 Å². The van der Waals surface area contributed by atoms with Crippen molar-refractivity contribution in [2.45, 2.75) is 25.1 Å². The molecule has 182 valence electrons. The molecule has 4 aromatic rings. The van der Waals surface area contributed by atoms with Crippen molar-refractivity contribution >= 4 is 26.7 Å². The van der Waals surface area contributed by atoms with Crippen LogP contribution in [-0.4, -0.2) is 36.8 Å². The van der Waals surface area contributed by atoms with Gasteiger partial charge in [0.05, 0.1) is 28.5 Å². The van der Waals surface area contributed by atoms with Gasteiger partial charge in [0.2, 0.25) is 5.76 Å². The van der Waals surface area contributed by atoms with Crippen LogP contribution in [0.1, 0.15) is 39.7 Å². The Hall–Kier alpha value is -3.91. The molecule has 8 heteroatoms. The molecule has 7 nitrogen and oxygen atoms in total. The first kappa shape index (κ1) is 22.5. The highest BCUT2D eigenvalue weighted by molar-refractivity contribution is 7.91. The van der Waals surface area contributed by atoms with Crippen molar-refractivity contribution in [2.75, 3.05) is 11.5 Å². The maximum absolute atomic E-state index is 13.6. The number of carbonyl (C=O) groups is 1. The zero-order valence-corrected chi connectivity index (χ0v) is 20.1. The molecule has 1 amide bonds. The highest BCUT2D eigenvalue weighted by Gasteiger charge is 2.48. The molecule has 0 aliphatic carbocycles. The lowest BCUT2D eigenvalue weighted by Gasteiger charge is -2.30. The number of hydrogen-bond donors (Lipinski definition) is 0. The van der Waals surface area contributed by atoms with E-state index in [4.69, 9.17) is 9.15 Å². The summed E-state index contributed by atoms with van der Waals surface area (Å²) in [7, 11) is -3.27. The van der Waals surface area contributed by atoms with E-state index in [9.17, 15) is 18.0 Å². The smallest absolute Gasteiger partial charge is 0.291 e. The molecule has 0 spiro atoms. The summed E-state index contributed by atoms with van der Waals surface area (Å²) >= 11 is 0. The normalized spacial score (nSPS) is 20.6. The van der Waals surface area contributed by atoms with E-state index in [-0.39, 0.29) is 28.3 Å². The van der Waals surface area contributed by atoms with Crippen LogP contribution in [-0.2, 0) is 16.4 Å². The molecule has 6 rings (SSSR count). The Kier molecular flexibility index (Phi) is 5.41. The van der Waals surface area contributed by atoms with Gasteiger partial charge in [-0.05, 0) is 41.8 Å². The molecule has 2 aliphatic heterocycles. The van der Waals surface area contributed by atoms with Crippen LogP contribution in [0, 0.1) is 0 Å². The standard InChI is InChI=1S/C28H23NO6S/c30-26-22-11-4-5-12-23(22)35-27-24(26)25(29(28(27)31)20-13-14-36(32,33)17-20)19-9-6-10-21(15-19)34-16-18-7-2-1-3-8-18/h1-12,15,20,25H,13-14,16-17H2/t20-,25-/m1/s1. The zero-order chi connectivity index (χ0) is 24.9. The number of amides is 1. The Morgan fingerprint density at radius 1 is 0.944 bits per heavy atom. The second kappa shape index (κ2) is 8.64. The van der Waals surface area contributed by atoms with E-state index in [1.165, 1.54) is 4.90 Å². The van der Waals surface area contributed by atoms with E-state index < -0.39 is 27.8 Å². The minimum atomic E-state index is -3.27. The SMILES string of the molecule is O=C1c2oc3ccccc3c(=O)c2[C@@H](c2cccc(OCc3ccccc3)c2)N1[C@@H]1CCS(=O)(=O)C1. The summed E-state index contributed by atoms with van der Waals surface area (Å²) < 4.78 is 36.6. The largest absolute Gasteiger partial charge is 0.489 e. The zero-order valence-electron chi connectivity index (χ0n) is 19.3. The second-order valence-corrected chi connectivity index (χ2v) is 11.4. The Balaban J connectivity index is 1.46. The van der Waals surface area contributed by atoms with E-state index in [2.05, 4.69) is 0 Å². The number of fused-ring (bicyclic) bond motifs is 2. The highest BCUT2D eigenvalue weighted by atomic mass is 32.2. The molecular weight excluding hydrogens is 478 g/mol. The van der Waals surface area contributed by atoms with Gasteiger partial charge in [-0.3, -0.25) is 9.59 Å². The van der Waals surface area contributed by atoms with E-state index in [0.717, 1.165) is 5.56 Å². The summed E-state index contributed by atoms with van der Waals surface area (Å²) in [5.74, 6) is -0.0320. The molecule has 2 atom stereocenters. The van der Waals surface area contributed by atoms with Gasteiger partial charge in [0, 0.05) is 6.04 Å². The lowest BCUT2D eigenvalue weighted by atomic mass is 9.97. The molecule has 0 unspecified atom stereocenters. The average molecular weight is 502 g/mol. The number of sulfone groups is 1. The number of carbonyl (C=O) groups excluding carboxylic acids is 1. The van der Waals surface area contributed by atoms with Gasteiger partial charge in [-0.15, -0.1) is 0 Å². The molecular formula is C28H23NO6S. The van der Waals surface area contributed by atoms with Crippen LogP contribution in [0.15, 0.2) is 88.1 Å². The summed E-state index contributed by atoms with van der Waals surface area (Å²) in [6.07, 6.45) is 0.316. The maximum atomic E-state index is 13.6. The van der Waals surface area contributed by atoms with Crippen LogP contribution in [0.25, 0.3) is 11.0 Å². The second-order valence-electron chi connectivity index (χ2n) is 9.19. The van der Waals surface area contributed by atoms with Crippen LogP contribution in [0.4, 0.5) is 0 Å². The van der Waals surface area contributed by atoms with Gasteiger partial charge in [-0.1, -0.05) is 54.6 Å². The summed E-state index contributed by atoms with van der Waals surface area (Å²) in [6.45, 7) is 0.363. The number of benzene rings is 3. The quantitative estimate of drug-likeness (QED) is 0.409. The van der Waals surface area contributed by atoms with E-state index >= 15 is 0 Å². The first-order valence-electron chi connectivity index (χ1n) is 11.8. The fourth-order valence-corrected chi connectivity index (χ4v) is 6.86. The lowest BCUT2D eigenvalue weighted by molar-refractivity contribution is 0.0662. The topological polar surface area (TPSA) is 93.9 Å². The van der Waals surface area contributed by atoms with Crippen molar-refractivity contribution in [3.8, 4) is 5.75 Å². The third-order valence-electron chi connectivity index (χ3n) is 6.84. The van der Waals surface area contributed by atoms with Gasteiger partial charge in [0.15, 0.2) is 15.3 Å². The van der Waals surface area contributed by atoms with Gasteiger partial charge in [-0.25, -0.2) is 8.42 Å². The molecule has 1 fully saturated rings. The molecule has 3 aromatic carbocycles. The lowest BCUT2D eigenvalue weighted by Crippen LogP contribution is -2.40. The van der Waals surface area contributed by atoms with Crippen LogP contribution in [0.5, 0.6) is 5.75 Å². The number of nitrogens with zero attached hydrogens (tertiary/aromatic N) is 1. The highest BCUT2D eigenvalue weighted by Crippen LogP contribution is 2.42. The number of hydrogen-bond acceptors (Lipinski definition) is 6. The molecule has 1 saturated heterocycles. The summed E-state index contributed by atoms with van der Waals surface area (Å²) in [5, 5.41) is 0.381. The van der Waals surface area contributed by atoms with E-state index in [1.54, 1.807) is 30.3 Å². The third kappa shape index (κ3) is 3.87. The monoisotopic (exact) mass is 501 g/mol. The molecule has 1 aromatic heterocycles. The summed E-state index contributed by atoms with van der Waals surface area (Å²) in [6, 6.07) is 22.5. The molecule has 0 N–H and O–H groups in total. The van der Waals surface area contributed by atoms with Crippen molar-refractivity contribution in [1.82, 2.24) is 4.90 Å². The molecule has 36 heavy (non-hydrogen) atoms. The molecule has 0 saturated carbocycles. The van der Waals surface area contributed by atoms with E-state index in [0.29, 0.717) is 35.3 Å². The minimum absolute atomic E-state index is 0.00802. The fraction of sp³-hybridized carbons (Fsp3) is 0.214. The van der Waals surface area contributed by atoms with Crippen LogP contribution in [0.2, 0.25) is 0 Å². The van der Waals surface area contributed by atoms with Gasteiger partial charge in [0.25, 0.3) is 5.91 Å². The Morgan fingerprint density at radius 3 is 2.50 bits per heavy atom. The third-order valence-corrected chi connectivity index (χ3v) is 8.59. The maximum Gasteiger partial charge on any atom is 0.291 e. The van der Waals surface area contributed by atoms with Gasteiger partial charge in [-0.2, -0.15) is 0 Å².